The van der Waals surface area contributed by atoms with E-state index in [4.69, 9.17) is 4.42 Å². The average molecular weight is 419 g/mol. The second-order valence-corrected chi connectivity index (χ2v) is 8.84. The molecule has 1 aromatic carbocycles. The maximum absolute atomic E-state index is 12.1. The number of hydrogen-bond donors (Lipinski definition) is 1. The highest BCUT2D eigenvalue weighted by atomic mass is 32.2. The van der Waals surface area contributed by atoms with Gasteiger partial charge in [-0.3, -0.25) is 9.78 Å². The molecule has 11 heteroatoms. The molecule has 0 fully saturated rings. The summed E-state index contributed by atoms with van der Waals surface area (Å²) in [6.45, 7) is 0. The highest BCUT2D eigenvalue weighted by Crippen LogP contribution is 2.23. The first-order chi connectivity index (χ1) is 13.4. The van der Waals surface area contributed by atoms with Crippen molar-refractivity contribution in [2.75, 3.05) is 25.2 Å². The van der Waals surface area contributed by atoms with Crippen LogP contribution in [0.5, 0.6) is 0 Å². The monoisotopic (exact) mass is 419 g/mol. The number of nitrogens with one attached hydrogen (secondary N) is 1. The Balaban J connectivity index is 1.56. The van der Waals surface area contributed by atoms with Crippen LogP contribution in [0.1, 0.15) is 0 Å². The van der Waals surface area contributed by atoms with Crippen LogP contribution in [0.2, 0.25) is 0 Å². The van der Waals surface area contributed by atoms with Crippen LogP contribution < -0.4 is 5.32 Å². The Kier molecular flexibility index (Phi) is 6.07. The molecule has 1 N–H and O–H groups in total. The molecule has 0 aliphatic heterocycles. The van der Waals surface area contributed by atoms with Gasteiger partial charge in [0.05, 0.1) is 16.2 Å². The number of amides is 1. The Morgan fingerprint density at radius 3 is 2.57 bits per heavy atom. The molecular weight excluding hydrogens is 402 g/mol. The summed E-state index contributed by atoms with van der Waals surface area (Å²) < 4.78 is 30.7. The molecule has 0 atom stereocenters. The molecule has 0 bridgehead atoms. The van der Waals surface area contributed by atoms with Crippen molar-refractivity contribution in [2.24, 2.45) is 0 Å². The van der Waals surface area contributed by atoms with Gasteiger partial charge in [0, 0.05) is 32.2 Å². The Morgan fingerprint density at radius 1 is 1.18 bits per heavy atom. The van der Waals surface area contributed by atoms with Crippen LogP contribution in [0.15, 0.2) is 63.3 Å². The molecule has 0 aliphatic carbocycles. The second kappa shape index (κ2) is 8.50. The van der Waals surface area contributed by atoms with E-state index in [1.54, 1.807) is 24.5 Å². The Hall–Kier alpha value is -2.76. The maximum atomic E-state index is 12.1. The van der Waals surface area contributed by atoms with Gasteiger partial charge in [0.1, 0.15) is 0 Å². The third-order valence-corrected chi connectivity index (χ3v) is 6.21. The van der Waals surface area contributed by atoms with Gasteiger partial charge >= 0.3 is 0 Å². The Bertz CT molecular complexity index is 1050. The first kappa shape index (κ1) is 20.0. The number of nitrogens with zero attached hydrogens (tertiary/aromatic N) is 4. The van der Waals surface area contributed by atoms with E-state index in [9.17, 15) is 13.2 Å². The van der Waals surface area contributed by atoms with Crippen molar-refractivity contribution in [1.82, 2.24) is 19.5 Å². The molecule has 3 aromatic rings. The van der Waals surface area contributed by atoms with Gasteiger partial charge in [-0.15, -0.1) is 10.2 Å². The molecule has 9 nitrogen and oxygen atoms in total. The summed E-state index contributed by atoms with van der Waals surface area (Å²) in [7, 11) is -0.589. The maximum Gasteiger partial charge on any atom is 0.277 e. The average Bonchev–Trinajstić information content (AvgIpc) is 3.16. The molecule has 146 valence electrons. The quantitative estimate of drug-likeness (QED) is 0.579. The van der Waals surface area contributed by atoms with Crippen molar-refractivity contribution >= 4 is 33.4 Å². The van der Waals surface area contributed by atoms with Crippen molar-refractivity contribution in [1.29, 1.82) is 0 Å². The lowest BCUT2D eigenvalue weighted by atomic mass is 10.3. The minimum Gasteiger partial charge on any atom is -0.411 e. The van der Waals surface area contributed by atoms with Crippen LogP contribution in [-0.4, -0.2) is 53.7 Å². The molecule has 0 spiro atoms. The van der Waals surface area contributed by atoms with E-state index < -0.39 is 10.0 Å². The fourth-order valence-corrected chi connectivity index (χ4v) is 3.58. The molecule has 0 radical (unpaired) electrons. The minimum atomic E-state index is -3.50. The summed E-state index contributed by atoms with van der Waals surface area (Å²) in [6, 6.07) is 9.50. The predicted octanol–water partition coefficient (Wildman–Crippen LogP) is 2.11. The summed E-state index contributed by atoms with van der Waals surface area (Å²) in [6.07, 6.45) is 3.25. The molecule has 0 aliphatic rings. The first-order valence-electron chi connectivity index (χ1n) is 8.05. The van der Waals surface area contributed by atoms with Crippen molar-refractivity contribution in [3.63, 3.8) is 0 Å². The van der Waals surface area contributed by atoms with Crippen LogP contribution in [0.4, 0.5) is 5.69 Å². The minimum absolute atomic E-state index is 0.0619. The van der Waals surface area contributed by atoms with E-state index in [0.29, 0.717) is 17.1 Å². The van der Waals surface area contributed by atoms with Gasteiger partial charge in [0.15, 0.2) is 0 Å². The highest BCUT2D eigenvalue weighted by Gasteiger charge is 2.17. The molecule has 28 heavy (non-hydrogen) atoms. The Morgan fingerprint density at radius 2 is 1.93 bits per heavy atom. The van der Waals surface area contributed by atoms with E-state index in [1.807, 2.05) is 0 Å². The molecule has 0 unspecified atom stereocenters. The van der Waals surface area contributed by atoms with E-state index in [2.05, 4.69) is 20.5 Å². The number of anilines is 1. The number of pyridine rings is 1. The SMILES string of the molecule is CN(C)S(=O)(=O)c1ccc(NC(=O)CSc2nnc(-c3cccnc3)o2)cc1. The van der Waals surface area contributed by atoms with Gasteiger partial charge in [0.25, 0.3) is 5.22 Å². The van der Waals surface area contributed by atoms with Crippen LogP contribution in [0.3, 0.4) is 0 Å². The smallest absolute Gasteiger partial charge is 0.277 e. The van der Waals surface area contributed by atoms with Gasteiger partial charge in [-0.2, -0.15) is 0 Å². The first-order valence-corrected chi connectivity index (χ1v) is 10.5. The van der Waals surface area contributed by atoms with Crippen molar-refractivity contribution in [2.45, 2.75) is 10.1 Å². The standard InChI is InChI=1S/C17H17N5O4S2/c1-22(2)28(24,25)14-7-5-13(6-8-14)19-15(23)11-27-17-21-20-16(26-17)12-4-3-9-18-10-12/h3-10H,11H2,1-2H3,(H,19,23). The number of rotatable bonds is 7. The third kappa shape index (κ3) is 4.74. The largest absolute Gasteiger partial charge is 0.411 e. The third-order valence-electron chi connectivity index (χ3n) is 3.56. The van der Waals surface area contributed by atoms with Gasteiger partial charge in [0.2, 0.25) is 21.8 Å². The zero-order chi connectivity index (χ0) is 20.1. The van der Waals surface area contributed by atoms with Crippen LogP contribution >= 0.6 is 11.8 Å². The predicted molar refractivity (Wildman–Crippen MR) is 104 cm³/mol. The van der Waals surface area contributed by atoms with Gasteiger partial charge < -0.3 is 9.73 Å². The number of benzene rings is 1. The molecule has 0 saturated heterocycles. The fourth-order valence-electron chi connectivity index (χ4n) is 2.12. The number of sulfonamides is 1. The van der Waals surface area contributed by atoms with Crippen LogP contribution in [-0.2, 0) is 14.8 Å². The summed E-state index contributed by atoms with van der Waals surface area (Å²) >= 11 is 1.10. The number of carbonyl (C=O) groups is 1. The summed E-state index contributed by atoms with van der Waals surface area (Å²) in [5.74, 6) is 0.106. The Labute approximate surface area is 166 Å². The topological polar surface area (TPSA) is 118 Å². The van der Waals surface area contributed by atoms with Crippen molar-refractivity contribution < 1.29 is 17.6 Å². The zero-order valence-corrected chi connectivity index (χ0v) is 16.7. The number of hydrogen-bond acceptors (Lipinski definition) is 8. The molecule has 1 amide bonds. The number of aromatic nitrogens is 3. The van der Waals surface area contributed by atoms with E-state index >= 15 is 0 Å². The zero-order valence-electron chi connectivity index (χ0n) is 15.1. The van der Waals surface area contributed by atoms with Crippen LogP contribution in [0.25, 0.3) is 11.5 Å². The molecular formula is C17H17N5O4S2. The van der Waals surface area contributed by atoms with Crippen LogP contribution in [0, 0.1) is 0 Å². The van der Waals surface area contributed by atoms with Gasteiger partial charge in [-0.05, 0) is 36.4 Å². The van der Waals surface area contributed by atoms with Gasteiger partial charge in [-0.25, -0.2) is 12.7 Å². The van der Waals surface area contributed by atoms with Crippen molar-refractivity contribution in [3.05, 3.63) is 48.8 Å². The van der Waals surface area contributed by atoms with E-state index in [-0.39, 0.29) is 21.8 Å². The lowest BCUT2D eigenvalue weighted by Crippen LogP contribution is -2.22. The molecule has 0 saturated carbocycles. The lowest BCUT2D eigenvalue weighted by Gasteiger charge is -2.11. The number of carbonyl (C=O) groups excluding carboxylic acids is 1. The summed E-state index contributed by atoms with van der Waals surface area (Å²) in [5.41, 5.74) is 1.18. The highest BCUT2D eigenvalue weighted by molar-refractivity contribution is 7.99. The molecule has 2 heterocycles. The summed E-state index contributed by atoms with van der Waals surface area (Å²) in [4.78, 5) is 16.2. The normalized spacial score (nSPS) is 11.5. The fraction of sp³-hybridized carbons (Fsp3) is 0.176. The van der Waals surface area contributed by atoms with Crippen molar-refractivity contribution in [3.8, 4) is 11.5 Å². The van der Waals surface area contributed by atoms with Gasteiger partial charge in [-0.1, -0.05) is 11.8 Å². The number of thioether (sulfide) groups is 1. The van der Waals surface area contributed by atoms with E-state index in [1.165, 1.54) is 38.4 Å². The van der Waals surface area contributed by atoms with E-state index in [0.717, 1.165) is 16.1 Å². The summed E-state index contributed by atoms with van der Waals surface area (Å²) in [5, 5.41) is 10.8. The molecule has 3 rings (SSSR count). The lowest BCUT2D eigenvalue weighted by molar-refractivity contribution is -0.113. The second-order valence-electron chi connectivity index (χ2n) is 5.76. The molecule has 2 aromatic heterocycles.